The average Bonchev–Trinajstić information content (AvgIpc) is 3.44. The van der Waals surface area contributed by atoms with Gasteiger partial charge < -0.3 is 19.9 Å². The van der Waals surface area contributed by atoms with Gasteiger partial charge in [-0.1, -0.05) is 17.7 Å². The lowest BCUT2D eigenvalue weighted by Gasteiger charge is -2.28. The highest BCUT2D eigenvalue weighted by Crippen LogP contribution is 2.57. The van der Waals surface area contributed by atoms with Gasteiger partial charge in [0, 0.05) is 41.1 Å². The quantitative estimate of drug-likeness (QED) is 0.207. The van der Waals surface area contributed by atoms with Crippen LogP contribution in [0.1, 0.15) is 30.9 Å². The SMILES string of the molecule is CC12CN(C3CCc4ccc(Nc5ncc(Cl)c(Nc6ccc(OC(F)F)cc6P(C)(C)=O)n5)cc4CC3)CC1=C2C#N. The molecule has 6 rings (SSSR count). The Morgan fingerprint density at radius 3 is 2.60 bits per heavy atom. The van der Waals surface area contributed by atoms with E-state index in [-0.39, 0.29) is 22.0 Å². The fourth-order valence-electron chi connectivity index (χ4n) is 6.37. The normalized spacial score (nSPS) is 21.6. The van der Waals surface area contributed by atoms with Crippen LogP contribution in [0.25, 0.3) is 0 Å². The molecule has 0 amide bonds. The number of nitrogens with one attached hydrogen (secondary N) is 2. The van der Waals surface area contributed by atoms with E-state index in [0.717, 1.165) is 50.0 Å². The van der Waals surface area contributed by atoms with E-state index in [1.165, 1.54) is 41.1 Å². The molecule has 2 aliphatic carbocycles. The molecular formula is C31H32ClF2N6O2P. The summed E-state index contributed by atoms with van der Waals surface area (Å²) in [4.78, 5) is 11.4. The molecule has 12 heteroatoms. The molecule has 1 aliphatic heterocycles. The van der Waals surface area contributed by atoms with Crippen LogP contribution in [0.2, 0.25) is 5.02 Å². The summed E-state index contributed by atoms with van der Waals surface area (Å²) in [6.45, 7) is 4.16. The molecule has 224 valence electrons. The molecule has 2 atom stereocenters. The van der Waals surface area contributed by atoms with E-state index in [0.29, 0.717) is 23.0 Å². The number of anilines is 4. The zero-order chi connectivity index (χ0) is 30.5. The third kappa shape index (κ3) is 5.99. The highest BCUT2D eigenvalue weighted by Gasteiger charge is 2.56. The lowest BCUT2D eigenvalue weighted by Crippen LogP contribution is -2.35. The van der Waals surface area contributed by atoms with Crippen LogP contribution in [-0.2, 0) is 17.4 Å². The van der Waals surface area contributed by atoms with Crippen LogP contribution in [0.3, 0.4) is 0 Å². The van der Waals surface area contributed by atoms with E-state index in [2.05, 4.69) is 55.4 Å². The molecule has 8 nitrogen and oxygen atoms in total. The van der Waals surface area contributed by atoms with Crippen LogP contribution in [0.4, 0.5) is 31.9 Å². The Morgan fingerprint density at radius 2 is 1.93 bits per heavy atom. The molecule has 2 unspecified atom stereocenters. The van der Waals surface area contributed by atoms with Gasteiger partial charge in [-0.2, -0.15) is 19.0 Å². The van der Waals surface area contributed by atoms with Gasteiger partial charge in [0.1, 0.15) is 17.9 Å². The van der Waals surface area contributed by atoms with Crippen molar-refractivity contribution in [1.29, 1.82) is 5.26 Å². The standard InChI is InChI=1S/C31H32ClF2N6O2P/c1-31-17-40(16-24(31)23(31)14-35)21-8-5-18-4-7-20(12-19(18)6-9-21)37-30-36-15-25(32)28(39-30)38-26-11-10-22(42-29(33)34)13-27(26)43(2,3)41/h4,7,10-13,15,21,29H,5-6,8-9,16-17H2,1-3H3,(H2,36,37,38,39). The molecule has 1 saturated heterocycles. The minimum atomic E-state index is -2.99. The Labute approximate surface area is 254 Å². The van der Waals surface area contributed by atoms with Gasteiger partial charge in [0.25, 0.3) is 0 Å². The molecule has 0 radical (unpaired) electrons. The summed E-state index contributed by atoms with van der Waals surface area (Å²) in [6, 6.07) is 13.4. The predicted octanol–water partition coefficient (Wildman–Crippen LogP) is 6.87. The van der Waals surface area contributed by atoms with Crippen LogP contribution >= 0.6 is 18.7 Å². The number of alkyl halides is 2. The van der Waals surface area contributed by atoms with E-state index in [1.807, 2.05) is 6.07 Å². The molecule has 0 bridgehead atoms. The number of nitriles is 1. The molecular weight excluding hydrogens is 593 g/mol. The number of likely N-dealkylation sites (tertiary alicyclic amines) is 1. The van der Waals surface area contributed by atoms with Crippen molar-refractivity contribution in [2.24, 2.45) is 5.41 Å². The monoisotopic (exact) mass is 624 g/mol. The van der Waals surface area contributed by atoms with Crippen molar-refractivity contribution >= 4 is 47.2 Å². The van der Waals surface area contributed by atoms with Gasteiger partial charge in [-0.3, -0.25) is 4.90 Å². The maximum atomic E-state index is 13.0. The molecule has 0 spiro atoms. The van der Waals surface area contributed by atoms with Crippen LogP contribution in [0, 0.1) is 16.7 Å². The minimum Gasteiger partial charge on any atom is -0.435 e. The van der Waals surface area contributed by atoms with Crippen molar-refractivity contribution in [1.82, 2.24) is 14.9 Å². The fraction of sp³-hybridized carbons (Fsp3) is 0.387. The first kappa shape index (κ1) is 29.6. The summed E-state index contributed by atoms with van der Waals surface area (Å²) in [5.41, 5.74) is 6.24. The second kappa shape index (κ2) is 11.2. The van der Waals surface area contributed by atoms with E-state index < -0.39 is 13.8 Å². The van der Waals surface area contributed by atoms with Crippen LogP contribution < -0.4 is 20.7 Å². The number of nitrogens with zero attached hydrogens (tertiary/aromatic N) is 4. The molecule has 2 heterocycles. The second-order valence-corrected chi connectivity index (χ2v) is 15.6. The first-order valence-electron chi connectivity index (χ1n) is 14.2. The number of ether oxygens (including phenoxy) is 1. The van der Waals surface area contributed by atoms with Gasteiger partial charge in [0.15, 0.2) is 5.82 Å². The lowest BCUT2D eigenvalue weighted by atomic mass is 10.0. The Kier molecular flexibility index (Phi) is 7.70. The van der Waals surface area contributed by atoms with Crippen molar-refractivity contribution in [3.05, 3.63) is 69.9 Å². The smallest absolute Gasteiger partial charge is 0.387 e. The van der Waals surface area contributed by atoms with Crippen molar-refractivity contribution in [2.45, 2.75) is 45.3 Å². The summed E-state index contributed by atoms with van der Waals surface area (Å²) >= 11 is 6.40. The Morgan fingerprint density at radius 1 is 1.16 bits per heavy atom. The molecule has 2 N–H and O–H groups in total. The Bertz CT molecular complexity index is 1720. The third-order valence-electron chi connectivity index (χ3n) is 8.69. The molecule has 43 heavy (non-hydrogen) atoms. The minimum absolute atomic E-state index is 0.0117. The molecule has 3 aliphatic rings. The van der Waals surface area contributed by atoms with Gasteiger partial charge >= 0.3 is 6.61 Å². The highest BCUT2D eigenvalue weighted by atomic mass is 35.5. The summed E-state index contributed by atoms with van der Waals surface area (Å²) in [5.74, 6) is 0.517. The zero-order valence-electron chi connectivity index (χ0n) is 24.1. The first-order valence-corrected chi connectivity index (χ1v) is 17.1. The van der Waals surface area contributed by atoms with Crippen LogP contribution in [0.5, 0.6) is 5.75 Å². The van der Waals surface area contributed by atoms with Gasteiger partial charge in [0.2, 0.25) is 5.95 Å². The van der Waals surface area contributed by atoms with Gasteiger partial charge in [-0.05, 0) is 93.0 Å². The number of aromatic nitrogens is 2. The summed E-state index contributed by atoms with van der Waals surface area (Å²) in [6.07, 6.45) is 5.59. The Balaban J connectivity index is 1.16. The first-order chi connectivity index (χ1) is 20.4. The maximum Gasteiger partial charge on any atom is 0.387 e. The maximum absolute atomic E-state index is 13.0. The van der Waals surface area contributed by atoms with Crippen LogP contribution in [-0.4, -0.2) is 53.9 Å². The van der Waals surface area contributed by atoms with E-state index >= 15 is 0 Å². The topological polar surface area (TPSA) is 103 Å². The predicted molar refractivity (Wildman–Crippen MR) is 165 cm³/mol. The van der Waals surface area contributed by atoms with Gasteiger partial charge in [-0.15, -0.1) is 0 Å². The number of halogens is 3. The number of aryl methyl sites for hydroxylation is 2. The number of fused-ring (bicyclic) bond motifs is 2. The number of hydrogen-bond donors (Lipinski definition) is 2. The average molecular weight is 625 g/mol. The summed E-state index contributed by atoms with van der Waals surface area (Å²) in [7, 11) is -2.89. The molecule has 0 saturated carbocycles. The van der Waals surface area contributed by atoms with Crippen molar-refractivity contribution in [3.8, 4) is 11.8 Å². The highest BCUT2D eigenvalue weighted by molar-refractivity contribution is 7.70. The Hall–Kier alpha value is -3.51. The molecule has 1 aromatic heterocycles. The number of benzene rings is 2. The summed E-state index contributed by atoms with van der Waals surface area (Å²) in [5, 5.41) is 16.3. The van der Waals surface area contributed by atoms with Gasteiger partial charge in [0.05, 0.1) is 18.0 Å². The van der Waals surface area contributed by atoms with Crippen molar-refractivity contribution < 1.29 is 18.1 Å². The van der Waals surface area contributed by atoms with Crippen LogP contribution in [0.15, 0.2) is 53.7 Å². The number of rotatable bonds is 8. The zero-order valence-corrected chi connectivity index (χ0v) is 25.8. The third-order valence-corrected chi connectivity index (χ3v) is 10.5. The largest absolute Gasteiger partial charge is 0.435 e. The lowest BCUT2D eigenvalue weighted by molar-refractivity contribution is -0.0497. The summed E-state index contributed by atoms with van der Waals surface area (Å²) < 4.78 is 43.0. The second-order valence-electron chi connectivity index (χ2n) is 12.0. The van der Waals surface area contributed by atoms with Crippen molar-refractivity contribution in [3.63, 3.8) is 0 Å². The fourth-order valence-corrected chi connectivity index (χ4v) is 7.66. The van der Waals surface area contributed by atoms with E-state index in [9.17, 15) is 18.6 Å². The molecule has 2 aromatic carbocycles. The molecule has 3 aromatic rings. The molecule has 1 fully saturated rings. The van der Waals surface area contributed by atoms with E-state index in [4.69, 9.17) is 11.6 Å². The van der Waals surface area contributed by atoms with E-state index in [1.54, 1.807) is 13.3 Å². The van der Waals surface area contributed by atoms with Crippen molar-refractivity contribution in [2.75, 3.05) is 37.1 Å². The van der Waals surface area contributed by atoms with Gasteiger partial charge in [-0.25, -0.2) is 4.98 Å². The number of hydrogen-bond acceptors (Lipinski definition) is 8.